The van der Waals surface area contributed by atoms with Crippen LogP contribution in [-0.2, 0) is 0 Å². The van der Waals surface area contributed by atoms with Crippen molar-refractivity contribution in [3.05, 3.63) is 0 Å². The highest BCUT2D eigenvalue weighted by molar-refractivity contribution is 4.90. The lowest BCUT2D eigenvalue weighted by Gasteiger charge is -2.30. The summed E-state index contributed by atoms with van der Waals surface area (Å²) in [5.41, 5.74) is 0. The van der Waals surface area contributed by atoms with E-state index in [0.717, 1.165) is 0 Å². The zero-order valence-electron chi connectivity index (χ0n) is 6.32. The van der Waals surface area contributed by atoms with Crippen molar-refractivity contribution < 1.29 is 8.78 Å². The molecule has 1 heterocycles. The van der Waals surface area contributed by atoms with E-state index in [1.807, 2.05) is 4.90 Å². The van der Waals surface area contributed by atoms with Crippen molar-refractivity contribution in [1.82, 2.24) is 4.90 Å². The van der Waals surface area contributed by atoms with E-state index in [9.17, 15) is 8.78 Å². The van der Waals surface area contributed by atoms with Gasteiger partial charge < -0.3 is 0 Å². The Morgan fingerprint density at radius 1 is 1.36 bits per heavy atom. The quantitative estimate of drug-likeness (QED) is 0.522. The molecule has 0 atom stereocenters. The minimum Gasteiger partial charge on any atom is -0.292 e. The summed E-state index contributed by atoms with van der Waals surface area (Å²) in [4.78, 5) is 1.87. The second-order valence-corrected chi connectivity index (χ2v) is 2.84. The fourth-order valence-electron chi connectivity index (χ4n) is 1.17. The third-order valence-corrected chi connectivity index (χ3v) is 1.90. The number of terminal acetylenes is 1. The van der Waals surface area contributed by atoms with Crippen LogP contribution in [0.2, 0.25) is 0 Å². The van der Waals surface area contributed by atoms with Gasteiger partial charge in [0.05, 0.1) is 6.54 Å². The van der Waals surface area contributed by atoms with Gasteiger partial charge in [-0.3, -0.25) is 4.90 Å². The van der Waals surface area contributed by atoms with E-state index in [2.05, 4.69) is 5.92 Å². The monoisotopic (exact) mass is 159 g/mol. The predicted molar refractivity (Wildman–Crippen MR) is 39.5 cm³/mol. The lowest BCUT2D eigenvalue weighted by atomic mass is 10.1. The van der Waals surface area contributed by atoms with Crippen molar-refractivity contribution in [3.63, 3.8) is 0 Å². The number of alkyl halides is 2. The summed E-state index contributed by atoms with van der Waals surface area (Å²) in [6.07, 6.45) is 4.95. The standard InChI is InChI=1S/C8H11F2N/c1-2-5-11-6-3-8(9,10)4-7-11/h1H,3-7H2. The number of hydrogen-bond donors (Lipinski definition) is 0. The molecule has 1 nitrogen and oxygen atoms in total. The highest BCUT2D eigenvalue weighted by Crippen LogP contribution is 2.27. The number of piperidine rings is 1. The Hall–Kier alpha value is -0.620. The molecular weight excluding hydrogens is 148 g/mol. The van der Waals surface area contributed by atoms with Gasteiger partial charge in [0, 0.05) is 25.9 Å². The van der Waals surface area contributed by atoms with Crippen LogP contribution < -0.4 is 0 Å². The maximum atomic E-state index is 12.5. The number of hydrogen-bond acceptors (Lipinski definition) is 1. The molecule has 3 heteroatoms. The summed E-state index contributed by atoms with van der Waals surface area (Å²) in [5, 5.41) is 0. The molecule has 1 rings (SSSR count). The summed E-state index contributed by atoms with van der Waals surface area (Å²) in [6.45, 7) is 1.35. The minimum atomic E-state index is -2.45. The summed E-state index contributed by atoms with van der Waals surface area (Å²) in [5.74, 6) is -0.00749. The molecule has 0 aromatic rings. The normalized spacial score (nSPS) is 24.5. The van der Waals surface area contributed by atoms with Crippen molar-refractivity contribution in [2.45, 2.75) is 18.8 Å². The first-order valence-corrected chi connectivity index (χ1v) is 3.68. The molecule has 62 valence electrons. The average Bonchev–Trinajstić information content (AvgIpc) is 1.94. The van der Waals surface area contributed by atoms with Gasteiger partial charge in [-0.1, -0.05) is 5.92 Å². The zero-order chi connectivity index (χ0) is 8.32. The predicted octanol–water partition coefficient (Wildman–Crippen LogP) is 1.35. The van der Waals surface area contributed by atoms with E-state index in [4.69, 9.17) is 6.42 Å². The summed E-state index contributed by atoms with van der Waals surface area (Å²) in [6, 6.07) is 0. The summed E-state index contributed by atoms with van der Waals surface area (Å²) >= 11 is 0. The molecule has 0 aromatic carbocycles. The first kappa shape index (κ1) is 8.48. The molecule has 0 radical (unpaired) electrons. The largest absolute Gasteiger partial charge is 0.292 e. The number of likely N-dealkylation sites (tertiary alicyclic amines) is 1. The van der Waals surface area contributed by atoms with E-state index < -0.39 is 5.92 Å². The minimum absolute atomic E-state index is 0.0469. The van der Waals surface area contributed by atoms with Gasteiger partial charge in [0.25, 0.3) is 5.92 Å². The maximum Gasteiger partial charge on any atom is 0.250 e. The van der Waals surface area contributed by atoms with Crippen LogP contribution in [0.15, 0.2) is 0 Å². The molecule has 0 bridgehead atoms. The van der Waals surface area contributed by atoms with E-state index in [0.29, 0.717) is 19.6 Å². The third-order valence-electron chi connectivity index (χ3n) is 1.90. The van der Waals surface area contributed by atoms with Crippen LogP contribution in [0.25, 0.3) is 0 Å². The Labute approximate surface area is 65.4 Å². The van der Waals surface area contributed by atoms with E-state index in [-0.39, 0.29) is 12.8 Å². The van der Waals surface area contributed by atoms with Crippen molar-refractivity contribution in [2.24, 2.45) is 0 Å². The molecular formula is C8H11F2N. The molecule has 1 aliphatic heterocycles. The molecule has 0 N–H and O–H groups in total. The summed E-state index contributed by atoms with van der Waals surface area (Å²) < 4.78 is 25.1. The SMILES string of the molecule is C#CCN1CCC(F)(F)CC1. The van der Waals surface area contributed by atoms with Crippen LogP contribution in [0.3, 0.4) is 0 Å². The van der Waals surface area contributed by atoms with Gasteiger partial charge in [0.2, 0.25) is 0 Å². The van der Waals surface area contributed by atoms with Crippen LogP contribution in [0.4, 0.5) is 8.78 Å². The van der Waals surface area contributed by atoms with Gasteiger partial charge in [-0.15, -0.1) is 6.42 Å². The Kier molecular flexibility index (Phi) is 2.45. The lowest BCUT2D eigenvalue weighted by molar-refractivity contribution is -0.0527. The van der Waals surface area contributed by atoms with Gasteiger partial charge in [-0.25, -0.2) is 8.78 Å². The zero-order valence-corrected chi connectivity index (χ0v) is 6.32. The lowest BCUT2D eigenvalue weighted by Crippen LogP contribution is -2.39. The van der Waals surface area contributed by atoms with E-state index in [1.54, 1.807) is 0 Å². The van der Waals surface area contributed by atoms with Crippen LogP contribution in [0, 0.1) is 12.3 Å². The molecule has 1 fully saturated rings. The van der Waals surface area contributed by atoms with Gasteiger partial charge in [0.1, 0.15) is 0 Å². The second-order valence-electron chi connectivity index (χ2n) is 2.84. The van der Waals surface area contributed by atoms with Gasteiger partial charge in [-0.05, 0) is 0 Å². The van der Waals surface area contributed by atoms with Gasteiger partial charge >= 0.3 is 0 Å². The third kappa shape index (κ3) is 2.47. The molecule has 0 unspecified atom stereocenters. The molecule has 0 saturated carbocycles. The Balaban J connectivity index is 2.32. The van der Waals surface area contributed by atoms with E-state index in [1.165, 1.54) is 0 Å². The molecule has 1 aliphatic rings. The average molecular weight is 159 g/mol. The Bertz CT molecular complexity index is 161. The van der Waals surface area contributed by atoms with Crippen molar-refractivity contribution in [3.8, 4) is 12.3 Å². The highest BCUT2D eigenvalue weighted by atomic mass is 19.3. The van der Waals surface area contributed by atoms with Crippen molar-refractivity contribution in [2.75, 3.05) is 19.6 Å². The van der Waals surface area contributed by atoms with Crippen molar-refractivity contribution >= 4 is 0 Å². The Morgan fingerprint density at radius 3 is 2.36 bits per heavy atom. The fraction of sp³-hybridized carbons (Fsp3) is 0.750. The number of rotatable bonds is 1. The van der Waals surface area contributed by atoms with Crippen LogP contribution in [-0.4, -0.2) is 30.5 Å². The maximum absolute atomic E-state index is 12.5. The molecule has 1 saturated heterocycles. The molecule has 0 aliphatic carbocycles. The second kappa shape index (κ2) is 3.19. The van der Waals surface area contributed by atoms with Crippen LogP contribution >= 0.6 is 0 Å². The molecule has 0 aromatic heterocycles. The van der Waals surface area contributed by atoms with Gasteiger partial charge in [-0.2, -0.15) is 0 Å². The smallest absolute Gasteiger partial charge is 0.250 e. The van der Waals surface area contributed by atoms with E-state index >= 15 is 0 Å². The van der Waals surface area contributed by atoms with Crippen LogP contribution in [0.5, 0.6) is 0 Å². The fourth-order valence-corrected chi connectivity index (χ4v) is 1.17. The van der Waals surface area contributed by atoms with Crippen LogP contribution in [0.1, 0.15) is 12.8 Å². The summed E-state index contributed by atoms with van der Waals surface area (Å²) in [7, 11) is 0. The number of halogens is 2. The van der Waals surface area contributed by atoms with Gasteiger partial charge in [0.15, 0.2) is 0 Å². The first-order chi connectivity index (χ1) is 5.14. The Morgan fingerprint density at radius 2 is 1.91 bits per heavy atom. The first-order valence-electron chi connectivity index (χ1n) is 3.68. The highest BCUT2D eigenvalue weighted by Gasteiger charge is 2.33. The molecule has 11 heavy (non-hydrogen) atoms. The van der Waals surface area contributed by atoms with Crippen molar-refractivity contribution in [1.29, 1.82) is 0 Å². The number of nitrogens with zero attached hydrogens (tertiary/aromatic N) is 1. The topological polar surface area (TPSA) is 3.24 Å². The molecule has 0 spiro atoms. The molecule has 0 amide bonds.